The van der Waals surface area contributed by atoms with Gasteiger partial charge in [0.15, 0.2) is 0 Å². The first-order valence-electron chi connectivity index (χ1n) is 4.79. The molecule has 1 aromatic carbocycles. The Balaban J connectivity index is 2.93. The van der Waals surface area contributed by atoms with Crippen molar-refractivity contribution in [2.24, 2.45) is 5.73 Å². The molecule has 4 heteroatoms. The highest BCUT2D eigenvalue weighted by Crippen LogP contribution is 2.24. The predicted molar refractivity (Wildman–Crippen MR) is 59.4 cm³/mol. The van der Waals surface area contributed by atoms with Crippen molar-refractivity contribution in [3.05, 3.63) is 34.6 Å². The molecular formula is C11H15ClFNO. The van der Waals surface area contributed by atoms with Crippen molar-refractivity contribution < 1.29 is 9.13 Å². The van der Waals surface area contributed by atoms with Crippen molar-refractivity contribution in [3.63, 3.8) is 0 Å². The van der Waals surface area contributed by atoms with Crippen LogP contribution in [0.5, 0.6) is 0 Å². The van der Waals surface area contributed by atoms with Crippen molar-refractivity contribution in [1.29, 1.82) is 0 Å². The first-order valence-corrected chi connectivity index (χ1v) is 5.17. The summed E-state index contributed by atoms with van der Waals surface area (Å²) in [6.07, 6.45) is 0. The molecule has 0 aliphatic heterocycles. The van der Waals surface area contributed by atoms with E-state index in [4.69, 9.17) is 22.1 Å². The second-order valence-corrected chi connectivity index (χ2v) is 4.12. The van der Waals surface area contributed by atoms with Gasteiger partial charge in [-0.15, -0.1) is 0 Å². The van der Waals surface area contributed by atoms with Gasteiger partial charge in [0.25, 0.3) is 0 Å². The average molecular weight is 232 g/mol. The van der Waals surface area contributed by atoms with Crippen LogP contribution in [0.2, 0.25) is 5.02 Å². The molecule has 0 heterocycles. The van der Waals surface area contributed by atoms with E-state index in [-0.39, 0.29) is 6.61 Å². The zero-order valence-corrected chi connectivity index (χ0v) is 9.64. The van der Waals surface area contributed by atoms with Crippen LogP contribution in [0, 0.1) is 5.82 Å². The Bertz CT molecular complexity index is 341. The van der Waals surface area contributed by atoms with Gasteiger partial charge in [0.1, 0.15) is 5.82 Å². The summed E-state index contributed by atoms with van der Waals surface area (Å²) in [6.45, 7) is 4.44. The summed E-state index contributed by atoms with van der Waals surface area (Å²) in [4.78, 5) is 0. The molecule has 0 aliphatic carbocycles. The van der Waals surface area contributed by atoms with Gasteiger partial charge in [0.2, 0.25) is 0 Å². The van der Waals surface area contributed by atoms with Crippen LogP contribution >= 0.6 is 11.6 Å². The maximum atomic E-state index is 13.6. The first kappa shape index (κ1) is 12.4. The molecule has 0 fully saturated rings. The lowest BCUT2D eigenvalue weighted by Crippen LogP contribution is -2.39. The molecule has 1 unspecified atom stereocenters. The molecular weight excluding hydrogens is 217 g/mol. The fourth-order valence-electron chi connectivity index (χ4n) is 1.34. The van der Waals surface area contributed by atoms with Gasteiger partial charge in [0, 0.05) is 17.2 Å². The Morgan fingerprint density at radius 1 is 1.53 bits per heavy atom. The quantitative estimate of drug-likeness (QED) is 0.865. The molecule has 0 aromatic heterocycles. The number of hydrogen-bond donors (Lipinski definition) is 1. The number of nitrogens with two attached hydrogens (primary N) is 1. The van der Waals surface area contributed by atoms with Crippen molar-refractivity contribution in [1.82, 2.24) is 0 Å². The third kappa shape index (κ3) is 3.16. The van der Waals surface area contributed by atoms with Crippen molar-refractivity contribution in [3.8, 4) is 0 Å². The van der Waals surface area contributed by atoms with Crippen LogP contribution in [0.15, 0.2) is 18.2 Å². The number of hydrogen-bond acceptors (Lipinski definition) is 2. The Morgan fingerprint density at radius 3 is 2.73 bits per heavy atom. The lowest BCUT2D eigenvalue weighted by molar-refractivity contribution is 0.0993. The Labute approximate surface area is 94.2 Å². The van der Waals surface area contributed by atoms with E-state index in [1.165, 1.54) is 6.07 Å². The number of ether oxygens (including phenoxy) is 1. The Hall–Kier alpha value is -0.640. The maximum absolute atomic E-state index is 13.6. The van der Waals surface area contributed by atoms with E-state index in [9.17, 15) is 4.39 Å². The second kappa shape index (κ2) is 4.92. The van der Waals surface area contributed by atoms with E-state index in [1.54, 1.807) is 19.1 Å². The molecule has 0 amide bonds. The number of rotatable bonds is 4. The summed E-state index contributed by atoms with van der Waals surface area (Å²) in [5.74, 6) is -0.396. The van der Waals surface area contributed by atoms with E-state index in [2.05, 4.69) is 0 Å². The molecule has 2 nitrogen and oxygen atoms in total. The van der Waals surface area contributed by atoms with Crippen LogP contribution in [0.1, 0.15) is 19.4 Å². The highest BCUT2D eigenvalue weighted by molar-refractivity contribution is 6.30. The highest BCUT2D eigenvalue weighted by Gasteiger charge is 2.24. The van der Waals surface area contributed by atoms with E-state index in [1.807, 2.05) is 6.92 Å². The van der Waals surface area contributed by atoms with Crippen molar-refractivity contribution in [2.45, 2.75) is 19.4 Å². The maximum Gasteiger partial charge on any atom is 0.129 e. The fourth-order valence-corrected chi connectivity index (χ4v) is 1.50. The number of benzene rings is 1. The normalized spacial score (nSPS) is 15.0. The molecule has 0 bridgehead atoms. The summed E-state index contributed by atoms with van der Waals surface area (Å²) in [5.41, 5.74) is 5.56. The van der Waals surface area contributed by atoms with Gasteiger partial charge in [0.05, 0.1) is 12.1 Å². The van der Waals surface area contributed by atoms with Crippen LogP contribution in [0.25, 0.3) is 0 Å². The standard InChI is InChI=1S/C11H15ClFNO/c1-3-15-7-11(2,14)9-5-4-8(12)6-10(9)13/h4-6H,3,7,14H2,1-2H3. The van der Waals surface area contributed by atoms with Gasteiger partial charge in [-0.1, -0.05) is 17.7 Å². The van der Waals surface area contributed by atoms with E-state index < -0.39 is 11.4 Å². The summed E-state index contributed by atoms with van der Waals surface area (Å²) in [7, 11) is 0. The van der Waals surface area contributed by atoms with Crippen LogP contribution < -0.4 is 5.73 Å². The molecule has 0 aliphatic rings. The van der Waals surface area contributed by atoms with Gasteiger partial charge < -0.3 is 10.5 Å². The summed E-state index contributed by atoms with van der Waals surface area (Å²) in [6, 6.07) is 4.47. The Morgan fingerprint density at radius 2 is 2.20 bits per heavy atom. The van der Waals surface area contributed by atoms with Gasteiger partial charge >= 0.3 is 0 Å². The first-order chi connectivity index (χ1) is 6.97. The van der Waals surface area contributed by atoms with E-state index >= 15 is 0 Å². The Kier molecular flexibility index (Phi) is 4.08. The van der Waals surface area contributed by atoms with E-state index in [0.29, 0.717) is 17.2 Å². The number of halogens is 2. The lowest BCUT2D eigenvalue weighted by Gasteiger charge is -2.25. The van der Waals surface area contributed by atoms with Crippen molar-refractivity contribution >= 4 is 11.6 Å². The van der Waals surface area contributed by atoms with Crippen LogP contribution in [-0.4, -0.2) is 13.2 Å². The minimum atomic E-state index is -0.829. The van der Waals surface area contributed by atoms with Gasteiger partial charge in [-0.05, 0) is 26.0 Å². The minimum absolute atomic E-state index is 0.280. The molecule has 1 atom stereocenters. The van der Waals surface area contributed by atoms with Crippen molar-refractivity contribution in [2.75, 3.05) is 13.2 Å². The predicted octanol–water partition coefficient (Wildman–Crippen LogP) is 2.69. The highest BCUT2D eigenvalue weighted by atomic mass is 35.5. The SMILES string of the molecule is CCOCC(C)(N)c1ccc(Cl)cc1F. The van der Waals surface area contributed by atoms with Crippen LogP contribution in [0.4, 0.5) is 4.39 Å². The topological polar surface area (TPSA) is 35.2 Å². The molecule has 1 rings (SSSR count). The molecule has 0 saturated carbocycles. The molecule has 1 aromatic rings. The molecule has 0 radical (unpaired) electrons. The third-order valence-electron chi connectivity index (χ3n) is 2.15. The van der Waals surface area contributed by atoms with Crippen LogP contribution in [-0.2, 0) is 10.3 Å². The third-order valence-corrected chi connectivity index (χ3v) is 2.39. The van der Waals surface area contributed by atoms with Gasteiger partial charge in [-0.3, -0.25) is 0 Å². The lowest BCUT2D eigenvalue weighted by atomic mass is 9.94. The molecule has 15 heavy (non-hydrogen) atoms. The zero-order chi connectivity index (χ0) is 11.5. The van der Waals surface area contributed by atoms with E-state index in [0.717, 1.165) is 0 Å². The summed E-state index contributed by atoms with van der Waals surface area (Å²) >= 11 is 5.66. The molecule has 0 saturated heterocycles. The largest absolute Gasteiger partial charge is 0.379 e. The second-order valence-electron chi connectivity index (χ2n) is 3.68. The smallest absolute Gasteiger partial charge is 0.129 e. The minimum Gasteiger partial charge on any atom is -0.379 e. The molecule has 84 valence electrons. The van der Waals surface area contributed by atoms with Gasteiger partial charge in [-0.2, -0.15) is 0 Å². The molecule has 2 N–H and O–H groups in total. The zero-order valence-electron chi connectivity index (χ0n) is 8.89. The van der Waals surface area contributed by atoms with Crippen LogP contribution in [0.3, 0.4) is 0 Å². The monoisotopic (exact) mass is 231 g/mol. The van der Waals surface area contributed by atoms with Gasteiger partial charge in [-0.25, -0.2) is 4.39 Å². The average Bonchev–Trinajstić information content (AvgIpc) is 2.14. The summed E-state index contributed by atoms with van der Waals surface area (Å²) in [5, 5.41) is 0.364. The fraction of sp³-hybridized carbons (Fsp3) is 0.455. The molecule has 0 spiro atoms. The summed E-state index contributed by atoms with van der Waals surface area (Å²) < 4.78 is 18.8.